The van der Waals surface area contributed by atoms with Gasteiger partial charge in [0.1, 0.15) is 16.8 Å². The van der Waals surface area contributed by atoms with Crippen molar-refractivity contribution < 1.29 is 18.7 Å². The number of alkyl carbamates (subject to hydrolysis) is 1. The Morgan fingerprint density at radius 3 is 2.53 bits per heavy atom. The monoisotopic (exact) mass is 477 g/mol. The van der Waals surface area contributed by atoms with Gasteiger partial charge in [0.25, 0.3) is 5.56 Å². The molecule has 1 aliphatic carbocycles. The smallest absolute Gasteiger partial charge is 0.407 e. The topological polar surface area (TPSA) is 121 Å². The third kappa shape index (κ3) is 4.30. The second-order valence-electron chi connectivity index (χ2n) is 10.1. The van der Waals surface area contributed by atoms with E-state index in [4.69, 9.17) is 15.3 Å². The van der Waals surface area contributed by atoms with Crippen molar-refractivity contribution in [2.45, 2.75) is 64.6 Å². The molecular formula is C23H32FN5O5. The molecule has 2 fully saturated rings. The SMILES string of the molecule is COc1c(N2CCC(C(C)NC(=O)OC(C)(C)C)C2)c(F)cc2c(=O)n(N)c(=O)n(C3CC3)c12. The summed E-state index contributed by atoms with van der Waals surface area (Å²) in [4.78, 5) is 39.5. The molecule has 0 bridgehead atoms. The van der Waals surface area contributed by atoms with E-state index in [1.54, 1.807) is 20.8 Å². The fraction of sp³-hybridized carbons (Fsp3) is 0.609. The molecule has 1 saturated heterocycles. The Kier molecular flexibility index (Phi) is 5.99. The Morgan fingerprint density at radius 2 is 1.94 bits per heavy atom. The first-order valence-electron chi connectivity index (χ1n) is 11.5. The molecule has 1 aromatic carbocycles. The number of nitrogen functional groups attached to an aromatic ring is 1. The van der Waals surface area contributed by atoms with E-state index in [0.29, 0.717) is 24.2 Å². The first kappa shape index (κ1) is 23.9. The van der Waals surface area contributed by atoms with E-state index in [0.717, 1.165) is 18.9 Å². The maximum Gasteiger partial charge on any atom is 0.407 e. The summed E-state index contributed by atoms with van der Waals surface area (Å²) >= 11 is 0. The Hall–Kier alpha value is -3.24. The van der Waals surface area contributed by atoms with Gasteiger partial charge in [-0.15, -0.1) is 0 Å². The molecule has 10 nitrogen and oxygen atoms in total. The number of hydrogen-bond donors (Lipinski definition) is 2. The van der Waals surface area contributed by atoms with Gasteiger partial charge < -0.3 is 25.5 Å². The molecular weight excluding hydrogens is 445 g/mol. The molecule has 1 amide bonds. The molecule has 0 spiro atoms. The number of anilines is 1. The van der Waals surface area contributed by atoms with Crippen LogP contribution in [-0.4, -0.2) is 47.2 Å². The quantitative estimate of drug-likeness (QED) is 0.633. The van der Waals surface area contributed by atoms with Crippen LogP contribution in [0.15, 0.2) is 15.7 Å². The van der Waals surface area contributed by atoms with Gasteiger partial charge in [-0.05, 0) is 58.9 Å². The summed E-state index contributed by atoms with van der Waals surface area (Å²) in [7, 11) is 1.40. The summed E-state index contributed by atoms with van der Waals surface area (Å²) in [6.45, 7) is 8.25. The number of benzene rings is 1. The predicted octanol–water partition coefficient (Wildman–Crippen LogP) is 2.10. The van der Waals surface area contributed by atoms with Gasteiger partial charge in [-0.25, -0.2) is 14.0 Å². The average Bonchev–Trinajstić information content (AvgIpc) is 3.45. The lowest BCUT2D eigenvalue weighted by Gasteiger charge is -2.26. The molecule has 186 valence electrons. The zero-order chi connectivity index (χ0) is 24.9. The third-order valence-corrected chi connectivity index (χ3v) is 6.39. The molecule has 1 saturated carbocycles. The summed E-state index contributed by atoms with van der Waals surface area (Å²) < 4.78 is 28.3. The number of fused-ring (bicyclic) bond motifs is 1. The normalized spacial score (nSPS) is 19.4. The number of carbonyl (C=O) groups is 1. The number of aromatic nitrogens is 2. The fourth-order valence-electron chi connectivity index (χ4n) is 4.61. The minimum absolute atomic E-state index is 0.00260. The average molecular weight is 478 g/mol. The van der Waals surface area contributed by atoms with Crippen molar-refractivity contribution in [3.63, 3.8) is 0 Å². The van der Waals surface area contributed by atoms with Crippen LogP contribution >= 0.6 is 0 Å². The second-order valence-corrected chi connectivity index (χ2v) is 10.1. The van der Waals surface area contributed by atoms with E-state index < -0.39 is 28.8 Å². The molecule has 11 heteroatoms. The molecule has 2 atom stereocenters. The van der Waals surface area contributed by atoms with Crippen molar-refractivity contribution in [1.82, 2.24) is 14.6 Å². The molecule has 2 aromatic rings. The molecule has 4 rings (SSSR count). The molecule has 1 aromatic heterocycles. The van der Waals surface area contributed by atoms with Crippen molar-refractivity contribution in [2.24, 2.45) is 5.92 Å². The fourth-order valence-corrected chi connectivity index (χ4v) is 4.61. The largest absolute Gasteiger partial charge is 0.492 e. The minimum Gasteiger partial charge on any atom is -0.492 e. The summed E-state index contributed by atoms with van der Waals surface area (Å²) in [6.07, 6.45) is 1.74. The lowest BCUT2D eigenvalue weighted by molar-refractivity contribution is 0.0494. The van der Waals surface area contributed by atoms with Crippen LogP contribution in [0.3, 0.4) is 0 Å². The predicted molar refractivity (Wildman–Crippen MR) is 127 cm³/mol. The molecule has 1 aliphatic heterocycles. The van der Waals surface area contributed by atoms with Crippen molar-refractivity contribution in [3.05, 3.63) is 32.7 Å². The number of nitrogens with two attached hydrogens (primary N) is 1. The van der Waals surface area contributed by atoms with E-state index >= 15 is 4.39 Å². The molecule has 0 radical (unpaired) electrons. The molecule has 2 heterocycles. The Morgan fingerprint density at radius 1 is 1.26 bits per heavy atom. The number of methoxy groups -OCH3 is 1. The van der Waals surface area contributed by atoms with E-state index in [-0.39, 0.29) is 40.3 Å². The highest BCUT2D eigenvalue weighted by atomic mass is 19.1. The Balaban J connectivity index is 1.69. The van der Waals surface area contributed by atoms with Crippen LogP contribution in [0.2, 0.25) is 0 Å². The highest BCUT2D eigenvalue weighted by molar-refractivity contribution is 5.91. The number of hydrogen-bond acceptors (Lipinski definition) is 7. The molecule has 2 aliphatic rings. The number of nitrogens with one attached hydrogen (secondary N) is 1. The van der Waals surface area contributed by atoms with E-state index in [1.165, 1.54) is 11.7 Å². The molecule has 34 heavy (non-hydrogen) atoms. The van der Waals surface area contributed by atoms with Crippen LogP contribution in [0.25, 0.3) is 10.9 Å². The van der Waals surface area contributed by atoms with Gasteiger partial charge in [-0.2, -0.15) is 4.68 Å². The van der Waals surface area contributed by atoms with Crippen LogP contribution < -0.4 is 32.0 Å². The van der Waals surface area contributed by atoms with Crippen molar-refractivity contribution in [3.8, 4) is 5.75 Å². The van der Waals surface area contributed by atoms with Crippen LogP contribution in [0, 0.1) is 11.7 Å². The molecule has 2 unspecified atom stereocenters. The molecule has 3 N–H and O–H groups in total. The Bertz CT molecular complexity index is 1240. The number of amides is 1. The van der Waals surface area contributed by atoms with E-state index in [2.05, 4.69) is 5.32 Å². The van der Waals surface area contributed by atoms with Crippen LogP contribution in [-0.2, 0) is 4.74 Å². The van der Waals surface area contributed by atoms with Gasteiger partial charge in [-0.3, -0.25) is 9.36 Å². The van der Waals surface area contributed by atoms with Gasteiger partial charge in [0.2, 0.25) is 0 Å². The van der Waals surface area contributed by atoms with Crippen molar-refractivity contribution in [1.29, 1.82) is 0 Å². The highest BCUT2D eigenvalue weighted by Gasteiger charge is 2.35. The maximum absolute atomic E-state index is 15.4. The Labute approximate surface area is 196 Å². The lowest BCUT2D eigenvalue weighted by atomic mass is 10.0. The number of nitrogens with zero attached hydrogens (tertiary/aromatic N) is 3. The number of carbonyl (C=O) groups excluding carboxylic acids is 1. The standard InChI is InChI=1S/C23H32FN5O5/c1-12(26-21(31)34-23(2,3)4)13-8-9-27(11-13)18-16(24)10-15-17(19(18)33-5)28(14-6-7-14)22(32)29(25)20(15)30/h10,12-14H,6-9,11,25H2,1-5H3,(H,26,31). The van der Waals surface area contributed by atoms with Gasteiger partial charge >= 0.3 is 11.8 Å². The summed E-state index contributed by atoms with van der Waals surface area (Å²) in [5.41, 5.74) is -1.56. The summed E-state index contributed by atoms with van der Waals surface area (Å²) in [5.74, 6) is 5.25. The zero-order valence-corrected chi connectivity index (χ0v) is 20.2. The van der Waals surface area contributed by atoms with Crippen molar-refractivity contribution >= 4 is 22.7 Å². The maximum atomic E-state index is 15.4. The van der Waals surface area contributed by atoms with Crippen LogP contribution in [0.5, 0.6) is 5.75 Å². The van der Waals surface area contributed by atoms with Gasteiger partial charge in [0.15, 0.2) is 11.6 Å². The van der Waals surface area contributed by atoms with Crippen molar-refractivity contribution in [2.75, 3.05) is 30.9 Å². The van der Waals surface area contributed by atoms with Gasteiger partial charge in [-0.1, -0.05) is 0 Å². The lowest BCUT2D eigenvalue weighted by Crippen LogP contribution is -2.44. The van der Waals surface area contributed by atoms with Gasteiger partial charge in [0, 0.05) is 25.2 Å². The number of halogens is 1. The summed E-state index contributed by atoms with van der Waals surface area (Å²) in [6, 6.07) is 0.817. The second kappa shape index (κ2) is 8.52. The van der Waals surface area contributed by atoms with E-state index in [1.807, 2.05) is 11.8 Å². The third-order valence-electron chi connectivity index (χ3n) is 6.39. The first-order valence-corrected chi connectivity index (χ1v) is 11.5. The summed E-state index contributed by atoms with van der Waals surface area (Å²) in [5, 5.41) is 2.86. The minimum atomic E-state index is -0.768. The zero-order valence-electron chi connectivity index (χ0n) is 20.2. The van der Waals surface area contributed by atoms with Crippen LogP contribution in [0.4, 0.5) is 14.9 Å². The first-order chi connectivity index (χ1) is 15.9. The number of rotatable bonds is 5. The van der Waals surface area contributed by atoms with Gasteiger partial charge in [0.05, 0.1) is 12.5 Å². The van der Waals surface area contributed by atoms with Crippen LogP contribution in [0.1, 0.15) is 53.0 Å². The number of ether oxygens (including phenoxy) is 2. The van der Waals surface area contributed by atoms with E-state index in [9.17, 15) is 14.4 Å². The highest BCUT2D eigenvalue weighted by Crippen LogP contribution is 2.43.